The van der Waals surface area contributed by atoms with Crippen molar-refractivity contribution in [3.05, 3.63) is 71.8 Å². The molecule has 0 spiro atoms. The molecule has 21 heavy (non-hydrogen) atoms. The first-order chi connectivity index (χ1) is 10.3. The summed E-state index contributed by atoms with van der Waals surface area (Å²) in [5.41, 5.74) is 2.52. The van der Waals surface area contributed by atoms with Gasteiger partial charge in [-0.15, -0.1) is 0 Å². The fourth-order valence-electron chi connectivity index (χ4n) is 2.89. The predicted molar refractivity (Wildman–Crippen MR) is 86.1 cm³/mol. The van der Waals surface area contributed by atoms with Crippen LogP contribution in [-0.2, 0) is 4.74 Å². The van der Waals surface area contributed by atoms with Gasteiger partial charge in [-0.05, 0) is 24.0 Å². The van der Waals surface area contributed by atoms with Gasteiger partial charge in [-0.25, -0.2) is 0 Å². The molecular weight excluding hydrogens is 258 g/mol. The van der Waals surface area contributed by atoms with Crippen LogP contribution < -0.4 is 5.32 Å². The molecule has 2 heteroatoms. The fourth-order valence-corrected chi connectivity index (χ4v) is 2.89. The van der Waals surface area contributed by atoms with Crippen LogP contribution in [0.4, 0.5) is 0 Å². The molecule has 1 N–H and O–H groups in total. The van der Waals surface area contributed by atoms with Crippen molar-refractivity contribution in [2.45, 2.75) is 32.0 Å². The van der Waals surface area contributed by atoms with Gasteiger partial charge in [0.2, 0.25) is 0 Å². The monoisotopic (exact) mass is 281 g/mol. The molecule has 110 valence electrons. The maximum atomic E-state index is 6.28. The first kappa shape index (κ1) is 14.3. The van der Waals surface area contributed by atoms with E-state index in [1.54, 1.807) is 0 Å². The van der Waals surface area contributed by atoms with Crippen molar-refractivity contribution >= 4 is 0 Å². The molecule has 1 aliphatic rings. The predicted octanol–water partition coefficient (Wildman–Crippen LogP) is 4.11. The van der Waals surface area contributed by atoms with Crippen molar-refractivity contribution in [1.29, 1.82) is 0 Å². The van der Waals surface area contributed by atoms with E-state index in [4.69, 9.17) is 4.74 Å². The molecule has 0 aromatic heterocycles. The summed E-state index contributed by atoms with van der Waals surface area (Å²) in [4.78, 5) is 0. The van der Waals surface area contributed by atoms with Crippen LogP contribution in [0, 0.1) is 5.92 Å². The minimum atomic E-state index is 0.0565. The maximum absolute atomic E-state index is 6.28. The molecular formula is C19H23NO. The van der Waals surface area contributed by atoms with Gasteiger partial charge in [0.1, 0.15) is 6.10 Å². The molecule has 1 heterocycles. The Hall–Kier alpha value is -1.64. The number of hydrogen-bond acceptors (Lipinski definition) is 2. The summed E-state index contributed by atoms with van der Waals surface area (Å²) in [6, 6.07) is 21.8. The molecule has 4 atom stereocenters. The number of hydrogen-bond donors (Lipinski definition) is 1. The van der Waals surface area contributed by atoms with Crippen LogP contribution in [0.2, 0.25) is 0 Å². The van der Waals surface area contributed by atoms with Gasteiger partial charge in [0, 0.05) is 6.04 Å². The smallest absolute Gasteiger partial charge is 0.102 e. The molecule has 0 saturated carbocycles. The lowest BCUT2D eigenvalue weighted by Crippen LogP contribution is -2.35. The van der Waals surface area contributed by atoms with E-state index in [-0.39, 0.29) is 12.1 Å². The van der Waals surface area contributed by atoms with Gasteiger partial charge < -0.3 is 10.1 Å². The number of rotatable bonds is 2. The topological polar surface area (TPSA) is 21.3 Å². The van der Waals surface area contributed by atoms with Gasteiger partial charge in [0.25, 0.3) is 0 Å². The first-order valence-electron chi connectivity index (χ1n) is 7.73. The summed E-state index contributed by atoms with van der Waals surface area (Å²) in [5.74, 6) is 0.505. The SMILES string of the molecule is CC1COC(c2ccccc2)C(c2ccccc2)NC1C. The molecule has 1 saturated heterocycles. The maximum Gasteiger partial charge on any atom is 0.102 e. The van der Waals surface area contributed by atoms with E-state index in [0.717, 1.165) is 6.61 Å². The Kier molecular flexibility index (Phi) is 4.37. The number of nitrogens with one attached hydrogen (secondary N) is 1. The lowest BCUT2D eigenvalue weighted by molar-refractivity contribution is 0.0291. The molecule has 0 aliphatic carbocycles. The fraction of sp³-hybridized carbons (Fsp3) is 0.368. The molecule has 0 amide bonds. The van der Waals surface area contributed by atoms with E-state index in [9.17, 15) is 0 Å². The van der Waals surface area contributed by atoms with Crippen molar-refractivity contribution < 1.29 is 4.74 Å². The molecule has 2 nitrogen and oxygen atoms in total. The van der Waals surface area contributed by atoms with Gasteiger partial charge in [0.05, 0.1) is 12.6 Å². The van der Waals surface area contributed by atoms with E-state index < -0.39 is 0 Å². The van der Waals surface area contributed by atoms with E-state index in [0.29, 0.717) is 12.0 Å². The quantitative estimate of drug-likeness (QED) is 0.894. The third-order valence-electron chi connectivity index (χ3n) is 4.42. The standard InChI is InChI=1S/C19H23NO/c1-14-13-21-19(17-11-7-4-8-12-17)18(20-15(14)2)16-9-5-3-6-10-16/h3-12,14-15,18-20H,13H2,1-2H3. The zero-order valence-electron chi connectivity index (χ0n) is 12.7. The van der Waals surface area contributed by atoms with Crippen LogP contribution in [0.5, 0.6) is 0 Å². The molecule has 1 fully saturated rings. The highest BCUT2D eigenvalue weighted by Gasteiger charge is 2.31. The van der Waals surface area contributed by atoms with E-state index in [1.807, 2.05) is 0 Å². The van der Waals surface area contributed by atoms with E-state index in [2.05, 4.69) is 79.8 Å². The highest BCUT2D eigenvalue weighted by atomic mass is 16.5. The number of ether oxygens (including phenoxy) is 1. The Morgan fingerprint density at radius 3 is 2.05 bits per heavy atom. The van der Waals surface area contributed by atoms with Gasteiger partial charge in [-0.2, -0.15) is 0 Å². The average molecular weight is 281 g/mol. The second-order valence-corrected chi connectivity index (χ2v) is 5.99. The van der Waals surface area contributed by atoms with E-state index >= 15 is 0 Å². The molecule has 0 radical (unpaired) electrons. The molecule has 1 aliphatic heterocycles. The first-order valence-corrected chi connectivity index (χ1v) is 7.73. The van der Waals surface area contributed by atoms with Crippen molar-refractivity contribution in [2.75, 3.05) is 6.61 Å². The minimum absolute atomic E-state index is 0.0565. The highest BCUT2D eigenvalue weighted by Crippen LogP contribution is 2.35. The highest BCUT2D eigenvalue weighted by molar-refractivity contribution is 5.27. The third-order valence-corrected chi connectivity index (χ3v) is 4.42. The van der Waals surface area contributed by atoms with Crippen molar-refractivity contribution in [1.82, 2.24) is 5.32 Å². The Bertz CT molecular complexity index is 554. The zero-order valence-corrected chi connectivity index (χ0v) is 12.7. The Balaban J connectivity index is 1.97. The lowest BCUT2D eigenvalue weighted by atomic mass is 9.95. The van der Waals surface area contributed by atoms with Gasteiger partial charge >= 0.3 is 0 Å². The third kappa shape index (κ3) is 3.17. The van der Waals surface area contributed by atoms with Crippen LogP contribution in [-0.4, -0.2) is 12.6 Å². The Morgan fingerprint density at radius 1 is 0.857 bits per heavy atom. The van der Waals surface area contributed by atoms with E-state index in [1.165, 1.54) is 11.1 Å². The summed E-state index contributed by atoms with van der Waals surface area (Å²) < 4.78 is 6.28. The lowest BCUT2D eigenvalue weighted by Gasteiger charge is -2.28. The summed E-state index contributed by atoms with van der Waals surface area (Å²) in [7, 11) is 0. The molecule has 2 aromatic rings. The molecule has 4 unspecified atom stereocenters. The normalized spacial score (nSPS) is 29.8. The van der Waals surface area contributed by atoms with Crippen LogP contribution in [0.1, 0.15) is 37.1 Å². The van der Waals surface area contributed by atoms with Crippen LogP contribution in [0.15, 0.2) is 60.7 Å². The van der Waals surface area contributed by atoms with Crippen molar-refractivity contribution in [2.24, 2.45) is 5.92 Å². The largest absolute Gasteiger partial charge is 0.371 e. The minimum Gasteiger partial charge on any atom is -0.371 e. The summed E-state index contributed by atoms with van der Waals surface area (Å²) in [5, 5.41) is 3.77. The van der Waals surface area contributed by atoms with Gasteiger partial charge in [-0.3, -0.25) is 0 Å². The van der Waals surface area contributed by atoms with Gasteiger partial charge in [0.15, 0.2) is 0 Å². The zero-order chi connectivity index (χ0) is 14.7. The molecule has 0 bridgehead atoms. The summed E-state index contributed by atoms with van der Waals surface area (Å²) >= 11 is 0. The van der Waals surface area contributed by atoms with Crippen molar-refractivity contribution in [3.8, 4) is 0 Å². The second kappa shape index (κ2) is 6.42. The summed E-state index contributed by atoms with van der Waals surface area (Å²) in [6.45, 7) is 5.28. The Labute approximate surface area is 127 Å². The number of benzene rings is 2. The Morgan fingerprint density at radius 2 is 1.43 bits per heavy atom. The van der Waals surface area contributed by atoms with Gasteiger partial charge in [-0.1, -0.05) is 67.6 Å². The van der Waals surface area contributed by atoms with Crippen LogP contribution >= 0.6 is 0 Å². The van der Waals surface area contributed by atoms with Crippen LogP contribution in [0.25, 0.3) is 0 Å². The summed E-state index contributed by atoms with van der Waals surface area (Å²) in [6.07, 6.45) is 0.0565. The average Bonchev–Trinajstić information content (AvgIpc) is 2.69. The molecule has 3 rings (SSSR count). The second-order valence-electron chi connectivity index (χ2n) is 5.99. The van der Waals surface area contributed by atoms with Crippen molar-refractivity contribution in [3.63, 3.8) is 0 Å². The van der Waals surface area contributed by atoms with Crippen LogP contribution in [0.3, 0.4) is 0 Å². The molecule has 2 aromatic carbocycles.